The molecule has 6 aromatic carbocycles. The summed E-state index contributed by atoms with van der Waals surface area (Å²) in [5.41, 5.74) is 14.8. The van der Waals surface area contributed by atoms with E-state index in [0.29, 0.717) is 7.25 Å². The Morgan fingerprint density at radius 3 is 1.28 bits per heavy atom. The second-order valence-corrected chi connectivity index (χ2v) is 45.1. The van der Waals surface area contributed by atoms with Crippen LogP contribution in [-0.4, -0.2) is 6.88 Å². The minimum absolute atomic E-state index is 0.516. The topological polar surface area (TPSA) is 0 Å². The first kappa shape index (κ1) is 29.8. The Kier molecular flexibility index (Phi) is 7.13. The third kappa shape index (κ3) is 4.48. The standard InChI is InChI=1S/2C21H17.2CH3.H2Si.Zr/c2*1-2-15-13-17-9-6-12-20(21(17)14-15)19-11-5-8-16-7-3-4-10-18(16)19;;;;/h2*3-14H,2H2,1H3;2*1H3;1H2;. The second-order valence-electron chi connectivity index (χ2n) is 14.6. The Labute approximate surface area is 276 Å². The van der Waals surface area contributed by atoms with Gasteiger partial charge in [-0.25, -0.2) is 0 Å². The fourth-order valence-electron chi connectivity index (χ4n) is 9.34. The van der Waals surface area contributed by atoms with Gasteiger partial charge in [-0.3, -0.25) is 0 Å². The van der Waals surface area contributed by atoms with Gasteiger partial charge in [0.05, 0.1) is 0 Å². The van der Waals surface area contributed by atoms with Crippen LogP contribution >= 0.6 is 0 Å². The summed E-state index contributed by atoms with van der Waals surface area (Å²) in [4.78, 5) is 0. The van der Waals surface area contributed by atoms with Gasteiger partial charge in [-0.1, -0.05) is 0 Å². The van der Waals surface area contributed by atoms with Gasteiger partial charge in [-0.05, 0) is 0 Å². The fraction of sp³-hybridized carbons (Fsp3) is 0.182. The van der Waals surface area contributed by atoms with Crippen LogP contribution in [0, 0.1) is 0 Å². The first-order valence-corrected chi connectivity index (χ1v) is 30.7. The van der Waals surface area contributed by atoms with Gasteiger partial charge in [-0.15, -0.1) is 0 Å². The molecule has 0 aliphatic heterocycles. The van der Waals surface area contributed by atoms with Gasteiger partial charge < -0.3 is 0 Å². The molecule has 2 aliphatic carbocycles. The number of hydrogen-bond donors (Lipinski definition) is 0. The van der Waals surface area contributed by atoms with E-state index < -0.39 is 17.4 Å². The zero-order valence-corrected chi connectivity index (χ0v) is 31.3. The molecule has 0 fully saturated rings. The summed E-state index contributed by atoms with van der Waals surface area (Å²) in [7, 11) is 0. The molecule has 2 unspecified atom stereocenters. The van der Waals surface area contributed by atoms with Crippen molar-refractivity contribution in [3.05, 3.63) is 155 Å². The maximum atomic E-state index is 2.78. The van der Waals surface area contributed by atoms with E-state index >= 15 is 0 Å². The Hall–Kier alpha value is -3.58. The van der Waals surface area contributed by atoms with E-state index in [2.05, 4.69) is 163 Å². The molecule has 2 atom stereocenters. The van der Waals surface area contributed by atoms with Crippen LogP contribution in [0.15, 0.2) is 132 Å². The van der Waals surface area contributed by atoms with Crippen molar-refractivity contribution in [2.75, 3.05) is 0 Å². The van der Waals surface area contributed by atoms with Crippen molar-refractivity contribution in [1.82, 2.24) is 0 Å². The van der Waals surface area contributed by atoms with Gasteiger partial charge in [0.2, 0.25) is 0 Å². The van der Waals surface area contributed by atoms with Crippen LogP contribution in [0.3, 0.4) is 0 Å². The van der Waals surface area contributed by atoms with Crippen molar-refractivity contribution in [1.29, 1.82) is 0 Å². The van der Waals surface area contributed by atoms with E-state index in [9.17, 15) is 0 Å². The van der Waals surface area contributed by atoms with Gasteiger partial charge in [0.1, 0.15) is 0 Å². The number of benzene rings is 6. The normalized spacial score (nSPS) is 17.6. The number of rotatable bonds is 6. The van der Waals surface area contributed by atoms with Gasteiger partial charge >= 0.3 is 278 Å². The van der Waals surface area contributed by atoms with E-state index in [1.807, 2.05) is 0 Å². The Balaban J connectivity index is 1.31. The van der Waals surface area contributed by atoms with Crippen molar-refractivity contribution in [2.24, 2.45) is 0 Å². The summed E-state index contributed by atoms with van der Waals surface area (Å²) < 4.78 is 6.59. The summed E-state index contributed by atoms with van der Waals surface area (Å²) in [5, 5.41) is 5.29. The average molecular weight is 690 g/mol. The molecule has 0 saturated carbocycles. The molecule has 0 radical (unpaired) electrons. The fourth-order valence-corrected chi connectivity index (χ4v) is 29.5. The molecule has 46 heavy (non-hydrogen) atoms. The Morgan fingerprint density at radius 2 is 0.848 bits per heavy atom. The second kappa shape index (κ2) is 11.0. The molecule has 0 spiro atoms. The SMILES string of the molecule is CCC1=Cc2c(-c3cccc4ccccc34)cccc2[CH]1[Zr]([CH3])([CH3])(=[SiH2])[CH]1C(CC)=Cc2c(-c3cccc4ccccc34)cccc21. The minimum atomic E-state index is -3.70. The first-order chi connectivity index (χ1) is 22.3. The molecule has 0 aromatic heterocycles. The first-order valence-electron chi connectivity index (χ1n) is 17.0. The molecule has 0 heterocycles. The molecule has 6 aromatic rings. The summed E-state index contributed by atoms with van der Waals surface area (Å²) >= 11 is -3.70. The zero-order chi connectivity index (χ0) is 31.7. The summed E-state index contributed by atoms with van der Waals surface area (Å²) in [6.45, 7) is 7.23. The quantitative estimate of drug-likeness (QED) is 0.153. The number of hydrogen-bond acceptors (Lipinski definition) is 0. The molecule has 2 aliphatic rings. The molecule has 0 N–H and O–H groups in total. The van der Waals surface area contributed by atoms with E-state index in [1.54, 1.807) is 22.3 Å². The third-order valence-electron chi connectivity index (χ3n) is 11.2. The van der Waals surface area contributed by atoms with E-state index in [1.165, 1.54) is 54.9 Å². The van der Waals surface area contributed by atoms with Crippen LogP contribution in [0.4, 0.5) is 0 Å². The predicted molar refractivity (Wildman–Crippen MR) is 201 cm³/mol. The van der Waals surface area contributed by atoms with Crippen molar-refractivity contribution in [3.63, 3.8) is 0 Å². The predicted octanol–water partition coefficient (Wildman–Crippen LogP) is 12.1. The van der Waals surface area contributed by atoms with Gasteiger partial charge in [-0.2, -0.15) is 0 Å². The van der Waals surface area contributed by atoms with Crippen molar-refractivity contribution in [2.45, 2.75) is 43.2 Å². The van der Waals surface area contributed by atoms with E-state index in [-0.39, 0.29) is 0 Å². The molecule has 226 valence electrons. The van der Waals surface area contributed by atoms with Gasteiger partial charge in [0, 0.05) is 0 Å². The average Bonchev–Trinajstić information content (AvgIpc) is 3.68. The summed E-state index contributed by atoms with van der Waals surface area (Å²) in [5.74, 6) is 0. The van der Waals surface area contributed by atoms with Gasteiger partial charge in [0.15, 0.2) is 0 Å². The number of fused-ring (bicyclic) bond motifs is 4. The zero-order valence-electron chi connectivity index (χ0n) is 27.5. The van der Waals surface area contributed by atoms with Crippen molar-refractivity contribution in [3.8, 4) is 22.3 Å². The molecule has 0 saturated heterocycles. The van der Waals surface area contributed by atoms with Crippen LogP contribution < -0.4 is 0 Å². The van der Waals surface area contributed by atoms with Crippen LogP contribution in [0.5, 0.6) is 0 Å². The van der Waals surface area contributed by atoms with Crippen molar-refractivity contribution >= 4 is 40.6 Å². The Bertz CT molecular complexity index is 2160. The molecule has 0 bridgehead atoms. The van der Waals surface area contributed by atoms with Crippen LogP contribution in [-0.2, 0) is 17.4 Å². The molecule has 8 rings (SSSR count). The molecule has 0 nitrogen and oxygen atoms in total. The number of allylic oxidation sites excluding steroid dienone is 2. The van der Waals surface area contributed by atoms with Crippen LogP contribution in [0.25, 0.3) is 56.0 Å². The molecular weight excluding hydrogens is 648 g/mol. The summed E-state index contributed by atoms with van der Waals surface area (Å²) in [6, 6.07) is 45.6. The van der Waals surface area contributed by atoms with Crippen LogP contribution in [0.1, 0.15) is 56.2 Å². The maximum absolute atomic E-state index is 3.70. The van der Waals surface area contributed by atoms with Crippen LogP contribution in [0.2, 0.25) is 9.26 Å². The van der Waals surface area contributed by atoms with Gasteiger partial charge in [0.25, 0.3) is 0 Å². The van der Waals surface area contributed by atoms with E-state index in [4.69, 9.17) is 0 Å². The van der Waals surface area contributed by atoms with E-state index in [0.717, 1.165) is 12.8 Å². The Morgan fingerprint density at radius 1 is 0.478 bits per heavy atom. The molecular formula is C44H42SiZr. The molecule has 0 amide bonds. The third-order valence-corrected chi connectivity index (χ3v) is 28.7. The molecule has 2 heteroatoms. The monoisotopic (exact) mass is 688 g/mol. The summed E-state index contributed by atoms with van der Waals surface area (Å²) in [6.07, 6.45) is 7.39. The van der Waals surface area contributed by atoms with Crippen molar-refractivity contribution < 1.29 is 17.4 Å².